The largest absolute Gasteiger partial charge is 0.300 e. The van der Waals surface area contributed by atoms with E-state index in [-0.39, 0.29) is 0 Å². The summed E-state index contributed by atoms with van der Waals surface area (Å²) >= 11 is 0. The molecule has 38 heavy (non-hydrogen) atoms. The van der Waals surface area contributed by atoms with Crippen molar-refractivity contribution >= 4 is 5.78 Å². The number of carbonyl (C=O) groups is 1. The van der Waals surface area contributed by atoms with Crippen molar-refractivity contribution in [2.24, 2.45) is 0 Å². The smallest absolute Gasteiger partial charge is 0.132 e. The quantitative estimate of drug-likeness (QED) is 0.0624. The van der Waals surface area contributed by atoms with Crippen LogP contribution in [0.25, 0.3) is 0 Å². The van der Waals surface area contributed by atoms with Gasteiger partial charge in [0, 0.05) is 12.8 Å². The summed E-state index contributed by atoms with van der Waals surface area (Å²) in [5, 5.41) is 0. The second kappa shape index (κ2) is 34.2. The summed E-state index contributed by atoms with van der Waals surface area (Å²) in [6.45, 7) is 4.55. The molecule has 0 spiro atoms. The molecule has 0 aliphatic carbocycles. The Hall–Kier alpha value is -0.850. The van der Waals surface area contributed by atoms with Crippen LogP contribution in [0.2, 0.25) is 0 Å². The number of rotatable bonds is 32. The lowest BCUT2D eigenvalue weighted by molar-refractivity contribution is -0.119. The fourth-order valence-electron chi connectivity index (χ4n) is 5.31. The van der Waals surface area contributed by atoms with Crippen LogP contribution in [0.1, 0.15) is 206 Å². The highest BCUT2D eigenvalue weighted by Gasteiger charge is 2.02. The molecule has 0 amide bonds. The summed E-state index contributed by atoms with van der Waals surface area (Å²) in [4.78, 5) is 12.1. The maximum absolute atomic E-state index is 12.1. The van der Waals surface area contributed by atoms with Gasteiger partial charge in [-0.15, -0.1) is 0 Å². The van der Waals surface area contributed by atoms with Crippen LogP contribution < -0.4 is 0 Å². The highest BCUT2D eigenvalue weighted by molar-refractivity contribution is 5.78. The minimum absolute atomic E-state index is 0.514. The van der Waals surface area contributed by atoms with Crippen LogP contribution in [0, 0.1) is 0 Å². The molecular formula is C37H70O. The van der Waals surface area contributed by atoms with E-state index in [1.165, 1.54) is 161 Å². The van der Waals surface area contributed by atoms with Gasteiger partial charge in [-0.3, -0.25) is 4.79 Å². The van der Waals surface area contributed by atoms with Crippen LogP contribution in [0.5, 0.6) is 0 Å². The van der Waals surface area contributed by atoms with Gasteiger partial charge in [0.2, 0.25) is 0 Å². The molecule has 0 atom stereocenters. The van der Waals surface area contributed by atoms with Gasteiger partial charge in [-0.1, -0.05) is 173 Å². The highest BCUT2D eigenvalue weighted by Crippen LogP contribution is 2.15. The van der Waals surface area contributed by atoms with Crippen molar-refractivity contribution in [2.75, 3.05) is 0 Å². The average Bonchev–Trinajstić information content (AvgIpc) is 2.92. The fourth-order valence-corrected chi connectivity index (χ4v) is 5.31. The Morgan fingerprint density at radius 3 is 1.05 bits per heavy atom. The zero-order valence-electron chi connectivity index (χ0n) is 26.4. The summed E-state index contributed by atoms with van der Waals surface area (Å²) < 4.78 is 0. The molecule has 0 fully saturated rings. The van der Waals surface area contributed by atoms with E-state index in [9.17, 15) is 4.79 Å². The molecular weight excluding hydrogens is 460 g/mol. The second-order valence-electron chi connectivity index (χ2n) is 11.9. The molecule has 0 unspecified atom stereocenters. The predicted octanol–water partition coefficient (Wildman–Crippen LogP) is 13.4. The summed E-state index contributed by atoms with van der Waals surface area (Å²) in [7, 11) is 0. The first-order valence-electron chi connectivity index (χ1n) is 17.6. The van der Waals surface area contributed by atoms with E-state index in [0.717, 1.165) is 32.1 Å². The van der Waals surface area contributed by atoms with Crippen molar-refractivity contribution in [3.05, 3.63) is 24.3 Å². The van der Waals surface area contributed by atoms with E-state index in [0.29, 0.717) is 5.78 Å². The Balaban J connectivity index is 3.21. The lowest BCUT2D eigenvalue weighted by Gasteiger charge is -2.04. The molecule has 0 saturated carbocycles. The number of allylic oxidation sites excluding steroid dienone is 4. The zero-order valence-corrected chi connectivity index (χ0v) is 26.4. The van der Waals surface area contributed by atoms with Crippen molar-refractivity contribution in [1.29, 1.82) is 0 Å². The first-order chi connectivity index (χ1) is 18.8. The van der Waals surface area contributed by atoms with Crippen LogP contribution in [-0.4, -0.2) is 5.78 Å². The van der Waals surface area contributed by atoms with E-state index in [4.69, 9.17) is 0 Å². The van der Waals surface area contributed by atoms with Crippen molar-refractivity contribution in [3.63, 3.8) is 0 Å². The van der Waals surface area contributed by atoms with E-state index in [1.54, 1.807) is 0 Å². The maximum atomic E-state index is 12.1. The van der Waals surface area contributed by atoms with Gasteiger partial charge in [0.25, 0.3) is 0 Å². The molecule has 0 radical (unpaired) electrons. The van der Waals surface area contributed by atoms with Gasteiger partial charge in [0.15, 0.2) is 0 Å². The van der Waals surface area contributed by atoms with E-state index in [2.05, 4.69) is 38.2 Å². The monoisotopic (exact) mass is 531 g/mol. The summed E-state index contributed by atoms with van der Waals surface area (Å²) in [5.74, 6) is 0.514. The number of unbranched alkanes of at least 4 members (excludes halogenated alkanes) is 24. The minimum atomic E-state index is 0.514. The fraction of sp³-hybridized carbons (Fsp3) is 0.865. The van der Waals surface area contributed by atoms with Gasteiger partial charge in [0.1, 0.15) is 5.78 Å². The van der Waals surface area contributed by atoms with E-state index < -0.39 is 0 Å². The molecule has 0 aromatic rings. The van der Waals surface area contributed by atoms with Crippen molar-refractivity contribution in [2.45, 2.75) is 206 Å². The van der Waals surface area contributed by atoms with Crippen LogP contribution in [0.15, 0.2) is 24.3 Å². The number of ketones is 1. The van der Waals surface area contributed by atoms with E-state index >= 15 is 0 Å². The first kappa shape index (κ1) is 37.1. The zero-order chi connectivity index (χ0) is 27.6. The summed E-state index contributed by atoms with van der Waals surface area (Å²) in [6.07, 6.45) is 48.5. The van der Waals surface area contributed by atoms with Crippen LogP contribution >= 0.6 is 0 Å². The molecule has 0 saturated heterocycles. The first-order valence-corrected chi connectivity index (χ1v) is 17.6. The molecule has 0 aromatic heterocycles. The molecule has 0 bridgehead atoms. The van der Waals surface area contributed by atoms with Crippen molar-refractivity contribution in [1.82, 2.24) is 0 Å². The van der Waals surface area contributed by atoms with Gasteiger partial charge in [0.05, 0.1) is 0 Å². The van der Waals surface area contributed by atoms with Crippen LogP contribution in [0.3, 0.4) is 0 Å². The van der Waals surface area contributed by atoms with E-state index in [1.807, 2.05) is 0 Å². The van der Waals surface area contributed by atoms with Gasteiger partial charge in [-0.2, -0.15) is 0 Å². The lowest BCUT2D eigenvalue weighted by Crippen LogP contribution is -1.97. The van der Waals surface area contributed by atoms with Gasteiger partial charge in [-0.25, -0.2) is 0 Å². The number of Topliss-reactive ketones (excluding diaryl/α,β-unsaturated/α-hetero) is 1. The summed E-state index contributed by atoms with van der Waals surface area (Å²) in [6, 6.07) is 0. The molecule has 1 nitrogen and oxygen atoms in total. The Labute approximate surface area is 241 Å². The van der Waals surface area contributed by atoms with Crippen LogP contribution in [-0.2, 0) is 4.79 Å². The third kappa shape index (κ3) is 33.2. The molecule has 0 aliphatic heterocycles. The predicted molar refractivity (Wildman–Crippen MR) is 173 cm³/mol. The van der Waals surface area contributed by atoms with Crippen molar-refractivity contribution < 1.29 is 4.79 Å². The van der Waals surface area contributed by atoms with Gasteiger partial charge >= 0.3 is 0 Å². The van der Waals surface area contributed by atoms with Gasteiger partial charge < -0.3 is 0 Å². The second-order valence-corrected chi connectivity index (χ2v) is 11.9. The maximum Gasteiger partial charge on any atom is 0.132 e. The molecule has 1 heteroatoms. The Bertz CT molecular complexity index is 503. The Morgan fingerprint density at radius 2 is 0.658 bits per heavy atom. The SMILES string of the molecule is CCCCC/C=C/C/C=C/CCCCCCCCC(=O)CCCCCCCCCCCCCCCCCC. The Morgan fingerprint density at radius 1 is 0.368 bits per heavy atom. The Kier molecular flexibility index (Phi) is 33.4. The molecule has 224 valence electrons. The third-order valence-corrected chi connectivity index (χ3v) is 7.97. The third-order valence-electron chi connectivity index (χ3n) is 7.97. The average molecular weight is 531 g/mol. The van der Waals surface area contributed by atoms with Gasteiger partial charge in [-0.05, 0) is 44.9 Å². The molecule has 0 heterocycles. The normalized spacial score (nSPS) is 11.8. The standard InChI is InChI=1S/C37H70O/c1-3-5-7-9-11-13-15-17-19-21-23-25-27-29-31-33-35-37(38)36-34-32-30-28-26-24-22-20-18-16-14-12-10-8-6-4-2/h11,13,17,19H,3-10,12,14-16,18,20-36H2,1-2H3/b13-11+,19-17+. The molecule has 0 rings (SSSR count). The molecule has 0 aliphatic rings. The minimum Gasteiger partial charge on any atom is -0.300 e. The van der Waals surface area contributed by atoms with Crippen LogP contribution in [0.4, 0.5) is 0 Å². The number of hydrogen-bond donors (Lipinski definition) is 0. The number of hydrogen-bond acceptors (Lipinski definition) is 1. The van der Waals surface area contributed by atoms with Crippen molar-refractivity contribution in [3.8, 4) is 0 Å². The highest BCUT2D eigenvalue weighted by atomic mass is 16.1. The topological polar surface area (TPSA) is 17.1 Å². The lowest BCUT2D eigenvalue weighted by atomic mass is 10.0. The molecule has 0 N–H and O–H groups in total. The number of carbonyl (C=O) groups excluding carboxylic acids is 1. The molecule has 0 aromatic carbocycles. The summed E-state index contributed by atoms with van der Waals surface area (Å²) in [5.41, 5.74) is 0.